The van der Waals surface area contributed by atoms with Crippen molar-refractivity contribution in [3.05, 3.63) is 59.2 Å². The molecular weight excluding hydrogens is 620 g/mol. The van der Waals surface area contributed by atoms with Gasteiger partial charge in [-0.05, 0) is 107 Å². The van der Waals surface area contributed by atoms with Gasteiger partial charge in [-0.3, -0.25) is 9.59 Å². The van der Waals surface area contributed by atoms with E-state index in [1.165, 1.54) is 0 Å². The van der Waals surface area contributed by atoms with Crippen molar-refractivity contribution < 1.29 is 41.0 Å². The molecular formula is C32H35F6N3O3S. The maximum absolute atomic E-state index is 14.4. The van der Waals surface area contributed by atoms with Crippen molar-refractivity contribution >= 4 is 35.4 Å². The van der Waals surface area contributed by atoms with E-state index < -0.39 is 56.8 Å². The maximum Gasteiger partial charge on any atom is 0.418 e. The summed E-state index contributed by atoms with van der Waals surface area (Å²) < 4.78 is 86.1. The summed E-state index contributed by atoms with van der Waals surface area (Å²) in [6, 6.07) is 8.73. The van der Waals surface area contributed by atoms with E-state index in [9.17, 15) is 41.0 Å². The smallest absolute Gasteiger partial charge is 0.418 e. The molecule has 244 valence electrons. The summed E-state index contributed by atoms with van der Waals surface area (Å²) in [7, 11) is 2.02. The van der Waals surface area contributed by atoms with Gasteiger partial charge < -0.3 is 20.6 Å². The molecule has 4 aliphatic rings. The van der Waals surface area contributed by atoms with Crippen molar-refractivity contribution in [2.45, 2.75) is 85.1 Å². The van der Waals surface area contributed by atoms with Crippen molar-refractivity contribution in [3.63, 3.8) is 0 Å². The van der Waals surface area contributed by atoms with Gasteiger partial charge in [-0.1, -0.05) is 23.9 Å². The van der Waals surface area contributed by atoms with Crippen molar-refractivity contribution in [1.82, 2.24) is 10.2 Å². The number of carboxylic acid groups (broad SMARTS) is 1. The molecule has 45 heavy (non-hydrogen) atoms. The lowest BCUT2D eigenvalue weighted by atomic mass is 9.57. The predicted octanol–water partition coefficient (Wildman–Crippen LogP) is 7.69. The number of fused-ring (bicyclic) bond motifs is 3. The number of alkyl halides is 6. The maximum atomic E-state index is 14.4. The molecule has 0 atom stereocenters. The van der Waals surface area contributed by atoms with Crippen LogP contribution in [-0.2, 0) is 21.9 Å². The number of nitrogens with one attached hydrogen (secondary N) is 2. The highest BCUT2D eigenvalue weighted by atomic mass is 32.2. The van der Waals surface area contributed by atoms with Crippen LogP contribution in [-0.4, -0.2) is 53.6 Å². The number of carbonyl (C=O) groups is 2. The van der Waals surface area contributed by atoms with Crippen molar-refractivity contribution in [2.24, 2.45) is 5.41 Å². The monoisotopic (exact) mass is 655 g/mol. The number of amides is 1. The third kappa shape index (κ3) is 7.45. The summed E-state index contributed by atoms with van der Waals surface area (Å²) in [5.74, 6) is -1.62. The van der Waals surface area contributed by atoms with Crippen LogP contribution in [0.2, 0.25) is 0 Å². The van der Waals surface area contributed by atoms with Gasteiger partial charge in [0.25, 0.3) is 0 Å². The minimum atomic E-state index is -5.36. The Hall–Kier alpha value is -3.19. The summed E-state index contributed by atoms with van der Waals surface area (Å²) in [5, 5.41) is 15.7. The zero-order valence-corrected chi connectivity index (χ0v) is 25.5. The number of carboxylic acids is 1. The zero-order chi connectivity index (χ0) is 32.6. The number of hydrogen-bond donors (Lipinski definition) is 3. The van der Waals surface area contributed by atoms with Gasteiger partial charge in [0, 0.05) is 33.1 Å². The molecule has 1 heterocycles. The summed E-state index contributed by atoms with van der Waals surface area (Å²) >= 11 is 0.599. The average molecular weight is 656 g/mol. The Balaban J connectivity index is 1.38. The van der Waals surface area contributed by atoms with Crippen LogP contribution >= 0.6 is 11.8 Å². The SMILES string of the molecule is CN1CCC(Nc2cccc(Sc3ccc(/C=C/C(=O)NC45CCC(C(=O)O)(CC4)CC5)c(C(F)(F)F)c3C(F)(F)F)c2)CC1. The minimum Gasteiger partial charge on any atom is -0.481 e. The molecule has 3 N–H and O–H groups in total. The molecule has 2 bridgehead atoms. The Kier molecular flexibility index (Phi) is 9.25. The van der Waals surface area contributed by atoms with Gasteiger partial charge in [0.15, 0.2) is 0 Å². The largest absolute Gasteiger partial charge is 0.481 e. The zero-order valence-electron chi connectivity index (χ0n) is 24.7. The average Bonchev–Trinajstić information content (AvgIpc) is 2.97. The number of benzene rings is 2. The van der Waals surface area contributed by atoms with Crippen LogP contribution in [0.4, 0.5) is 32.0 Å². The number of rotatable bonds is 8. The van der Waals surface area contributed by atoms with E-state index >= 15 is 0 Å². The number of hydrogen-bond acceptors (Lipinski definition) is 5. The van der Waals surface area contributed by atoms with Crippen LogP contribution in [0.5, 0.6) is 0 Å². The van der Waals surface area contributed by atoms with Crippen molar-refractivity contribution in [3.8, 4) is 0 Å². The molecule has 3 aliphatic carbocycles. The topological polar surface area (TPSA) is 81.7 Å². The molecule has 1 amide bonds. The van der Waals surface area contributed by atoms with Crippen LogP contribution in [0.3, 0.4) is 0 Å². The van der Waals surface area contributed by atoms with E-state index in [2.05, 4.69) is 15.5 Å². The number of carbonyl (C=O) groups excluding carboxylic acids is 1. The van der Waals surface area contributed by atoms with Crippen LogP contribution in [0.1, 0.15) is 68.1 Å². The van der Waals surface area contributed by atoms with Gasteiger partial charge >= 0.3 is 18.3 Å². The first-order chi connectivity index (χ1) is 21.1. The Morgan fingerprint density at radius 1 is 0.933 bits per heavy atom. The molecule has 0 radical (unpaired) electrons. The molecule has 0 aromatic heterocycles. The number of anilines is 1. The fourth-order valence-electron chi connectivity index (χ4n) is 6.74. The highest BCUT2D eigenvalue weighted by Crippen LogP contribution is 2.52. The second-order valence-corrected chi connectivity index (χ2v) is 13.6. The molecule has 1 aliphatic heterocycles. The number of likely N-dealkylation sites (tertiary alicyclic amines) is 1. The van der Waals surface area contributed by atoms with Gasteiger partial charge in [0.05, 0.1) is 16.5 Å². The number of halogens is 6. The minimum absolute atomic E-state index is 0.182. The van der Waals surface area contributed by atoms with Crippen molar-refractivity contribution in [2.75, 3.05) is 25.5 Å². The normalized spacial score (nSPS) is 24.6. The first-order valence-corrected chi connectivity index (χ1v) is 15.7. The molecule has 0 spiro atoms. The van der Waals surface area contributed by atoms with Gasteiger partial charge in [-0.15, -0.1) is 0 Å². The summed E-state index contributed by atoms with van der Waals surface area (Å²) in [5.41, 5.74) is -5.26. The molecule has 0 unspecified atom stereocenters. The lowest BCUT2D eigenvalue weighted by molar-refractivity contribution is -0.163. The van der Waals surface area contributed by atoms with E-state index in [1.807, 2.05) is 7.05 Å². The van der Waals surface area contributed by atoms with Gasteiger partial charge in [0.1, 0.15) is 0 Å². The van der Waals surface area contributed by atoms with Gasteiger partial charge in [-0.25, -0.2) is 0 Å². The third-order valence-electron chi connectivity index (χ3n) is 9.42. The molecule has 2 aromatic rings. The lowest BCUT2D eigenvalue weighted by Crippen LogP contribution is -2.58. The Bertz CT molecular complexity index is 1440. The molecule has 2 aromatic carbocycles. The third-order valence-corrected chi connectivity index (χ3v) is 10.5. The van der Waals surface area contributed by atoms with Gasteiger partial charge in [-0.2, -0.15) is 26.3 Å². The molecule has 1 saturated heterocycles. The van der Waals surface area contributed by atoms with E-state index in [0.717, 1.165) is 50.2 Å². The quantitative estimate of drug-likeness (QED) is 0.200. The fourth-order valence-corrected chi connectivity index (χ4v) is 7.78. The number of piperidine rings is 1. The summed E-state index contributed by atoms with van der Waals surface area (Å²) in [6.45, 7) is 1.80. The first-order valence-electron chi connectivity index (χ1n) is 14.9. The van der Waals surface area contributed by atoms with E-state index in [0.29, 0.717) is 60.9 Å². The molecule has 3 saturated carbocycles. The first kappa shape index (κ1) is 33.2. The standard InChI is InChI=1S/C32H35F6N3O3S/c1-41-17-9-21(10-18-41)39-22-3-2-4-23(19-22)45-24-7-5-20(26(31(33,34)35)27(24)32(36,37)38)6-8-25(42)40-30-14-11-29(12-15-30,13-16-30)28(43)44/h2-8,19,21,39H,9-18H2,1H3,(H,40,42)(H,43,44)/b8-6+. The lowest BCUT2D eigenvalue weighted by Gasteiger charge is -2.51. The molecule has 6 rings (SSSR count). The Morgan fingerprint density at radius 2 is 1.56 bits per heavy atom. The van der Waals surface area contributed by atoms with E-state index in [1.54, 1.807) is 24.3 Å². The number of nitrogens with zero attached hydrogens (tertiary/aromatic N) is 1. The molecule has 6 nitrogen and oxygen atoms in total. The van der Waals surface area contributed by atoms with Gasteiger partial charge in [0.2, 0.25) is 5.91 Å². The summed E-state index contributed by atoms with van der Waals surface area (Å²) in [6.07, 6.45) is -5.00. The second kappa shape index (κ2) is 12.5. The van der Waals surface area contributed by atoms with Crippen LogP contribution < -0.4 is 10.6 Å². The fraction of sp³-hybridized carbons (Fsp3) is 0.500. The second-order valence-electron chi connectivity index (χ2n) is 12.4. The molecule has 4 fully saturated rings. The summed E-state index contributed by atoms with van der Waals surface area (Å²) in [4.78, 5) is 26.4. The van der Waals surface area contributed by atoms with Crippen LogP contribution in [0, 0.1) is 5.41 Å². The highest BCUT2D eigenvalue weighted by Gasteiger charge is 2.53. The Morgan fingerprint density at radius 3 is 2.13 bits per heavy atom. The van der Waals surface area contributed by atoms with E-state index in [4.69, 9.17) is 0 Å². The van der Waals surface area contributed by atoms with Crippen molar-refractivity contribution in [1.29, 1.82) is 0 Å². The predicted molar refractivity (Wildman–Crippen MR) is 159 cm³/mol. The molecule has 13 heteroatoms. The van der Waals surface area contributed by atoms with Crippen LogP contribution in [0.25, 0.3) is 6.08 Å². The number of aliphatic carboxylic acids is 1. The Labute approximate surface area is 261 Å². The van der Waals surface area contributed by atoms with E-state index in [-0.39, 0.29) is 6.04 Å². The van der Waals surface area contributed by atoms with Crippen LogP contribution in [0.15, 0.2) is 52.3 Å². The highest BCUT2D eigenvalue weighted by molar-refractivity contribution is 7.99.